The van der Waals surface area contributed by atoms with Gasteiger partial charge in [0.05, 0.1) is 22.3 Å². The molecule has 30 heavy (non-hydrogen) atoms. The van der Waals surface area contributed by atoms with E-state index in [9.17, 15) is 13.6 Å². The zero-order valence-electron chi connectivity index (χ0n) is 16.8. The van der Waals surface area contributed by atoms with Crippen LogP contribution in [-0.2, 0) is 13.1 Å². The molecule has 0 bridgehead atoms. The van der Waals surface area contributed by atoms with E-state index in [4.69, 9.17) is 0 Å². The molecule has 1 aromatic heterocycles. The normalized spacial score (nSPS) is 15.4. The molecule has 0 unspecified atom stereocenters. The van der Waals surface area contributed by atoms with E-state index < -0.39 is 11.6 Å². The molecule has 2 heterocycles. The van der Waals surface area contributed by atoms with Crippen molar-refractivity contribution in [1.29, 1.82) is 0 Å². The molecule has 3 aromatic rings. The van der Waals surface area contributed by atoms with Crippen molar-refractivity contribution in [1.82, 2.24) is 20.1 Å². The molecule has 1 saturated heterocycles. The summed E-state index contributed by atoms with van der Waals surface area (Å²) in [6.07, 6.45) is 1.64. The van der Waals surface area contributed by atoms with E-state index in [-0.39, 0.29) is 18.6 Å². The first kappa shape index (κ1) is 20.7. The number of thiazole rings is 1. The summed E-state index contributed by atoms with van der Waals surface area (Å²) in [5.41, 5.74) is 4.04. The summed E-state index contributed by atoms with van der Waals surface area (Å²) in [6, 6.07) is 9.19. The molecule has 1 aliphatic heterocycles. The quantitative estimate of drug-likeness (QED) is 0.654. The van der Waals surface area contributed by atoms with Crippen LogP contribution in [0.25, 0.3) is 10.2 Å². The fourth-order valence-corrected chi connectivity index (χ4v) is 4.54. The molecule has 2 amide bonds. The van der Waals surface area contributed by atoms with Gasteiger partial charge in [-0.05, 0) is 56.7 Å². The van der Waals surface area contributed by atoms with E-state index in [1.165, 1.54) is 12.1 Å². The topological polar surface area (TPSA) is 48.5 Å². The van der Waals surface area contributed by atoms with E-state index in [2.05, 4.69) is 22.2 Å². The van der Waals surface area contributed by atoms with Gasteiger partial charge in [-0.15, -0.1) is 11.3 Å². The minimum absolute atomic E-state index is 0.00892. The van der Waals surface area contributed by atoms with E-state index in [0.29, 0.717) is 12.1 Å². The minimum atomic E-state index is -0.628. The fourth-order valence-electron chi connectivity index (χ4n) is 3.80. The zero-order valence-corrected chi connectivity index (χ0v) is 17.6. The summed E-state index contributed by atoms with van der Waals surface area (Å²) in [7, 11) is 2.05. The van der Waals surface area contributed by atoms with E-state index in [1.807, 2.05) is 18.2 Å². The Hall–Kier alpha value is -2.58. The van der Waals surface area contributed by atoms with E-state index in [0.717, 1.165) is 47.8 Å². The molecule has 2 aromatic carbocycles. The summed E-state index contributed by atoms with van der Waals surface area (Å²) in [4.78, 5) is 21.3. The lowest BCUT2D eigenvalue weighted by Crippen LogP contribution is -2.49. The third-order valence-electron chi connectivity index (χ3n) is 5.58. The van der Waals surface area contributed by atoms with Crippen molar-refractivity contribution in [2.75, 3.05) is 20.1 Å². The number of carbonyl (C=O) groups excluding carboxylic acids is 1. The first-order chi connectivity index (χ1) is 14.5. The third-order valence-corrected chi connectivity index (χ3v) is 6.38. The highest BCUT2D eigenvalue weighted by Crippen LogP contribution is 2.22. The van der Waals surface area contributed by atoms with Crippen molar-refractivity contribution in [2.24, 2.45) is 0 Å². The number of urea groups is 1. The maximum Gasteiger partial charge on any atom is 0.318 e. The van der Waals surface area contributed by atoms with Gasteiger partial charge in [0.15, 0.2) is 0 Å². The van der Waals surface area contributed by atoms with Crippen LogP contribution in [0.5, 0.6) is 0 Å². The number of hydrogen-bond donors (Lipinski definition) is 1. The number of hydrogen-bond acceptors (Lipinski definition) is 4. The van der Waals surface area contributed by atoms with Gasteiger partial charge in [0.25, 0.3) is 0 Å². The average molecular weight is 431 g/mol. The van der Waals surface area contributed by atoms with Crippen molar-refractivity contribution in [2.45, 2.75) is 32.0 Å². The monoisotopic (exact) mass is 430 g/mol. The highest BCUT2D eigenvalue weighted by molar-refractivity contribution is 7.16. The Labute approximate surface area is 178 Å². The Balaban J connectivity index is 1.49. The number of benzene rings is 2. The summed E-state index contributed by atoms with van der Waals surface area (Å²) in [5.74, 6) is -1.25. The zero-order chi connectivity index (χ0) is 21.1. The van der Waals surface area contributed by atoms with Crippen molar-refractivity contribution >= 4 is 27.6 Å². The van der Waals surface area contributed by atoms with Gasteiger partial charge in [-0.1, -0.05) is 12.1 Å². The number of likely N-dealkylation sites (tertiary alicyclic amines) is 1. The molecule has 1 fully saturated rings. The second-order valence-electron chi connectivity index (χ2n) is 7.71. The molecule has 8 heteroatoms. The van der Waals surface area contributed by atoms with Crippen LogP contribution in [-0.4, -0.2) is 47.0 Å². The smallest absolute Gasteiger partial charge is 0.318 e. The van der Waals surface area contributed by atoms with Crippen LogP contribution in [0.15, 0.2) is 41.9 Å². The number of piperidine rings is 1. The van der Waals surface area contributed by atoms with E-state index in [1.54, 1.807) is 21.7 Å². The summed E-state index contributed by atoms with van der Waals surface area (Å²) in [6.45, 7) is 2.24. The third kappa shape index (κ3) is 4.76. The first-order valence-electron chi connectivity index (χ1n) is 9.98. The van der Waals surface area contributed by atoms with Gasteiger partial charge in [0.1, 0.15) is 11.6 Å². The lowest BCUT2D eigenvalue weighted by molar-refractivity contribution is 0.126. The standard InChI is InChI=1S/C22H24F2N4OS/c1-27-8-6-18(7-9-27)28(13-16-3-4-17(23)11-19(16)24)22(29)25-12-15-2-5-20-21(10-15)30-14-26-20/h2-5,10-11,14,18H,6-9,12-13H2,1H3,(H,25,29). The molecule has 158 valence electrons. The highest BCUT2D eigenvalue weighted by atomic mass is 32.1. The predicted molar refractivity (Wildman–Crippen MR) is 114 cm³/mol. The maximum atomic E-state index is 14.3. The Morgan fingerprint density at radius 3 is 2.80 bits per heavy atom. The lowest BCUT2D eigenvalue weighted by Gasteiger charge is -2.37. The number of carbonyl (C=O) groups is 1. The van der Waals surface area contributed by atoms with Crippen molar-refractivity contribution in [3.8, 4) is 0 Å². The maximum absolute atomic E-state index is 14.3. The predicted octanol–water partition coefficient (Wildman–Crippen LogP) is 4.38. The number of amides is 2. The number of halogens is 2. The van der Waals surface area contributed by atoms with Crippen LogP contribution in [0.4, 0.5) is 13.6 Å². The molecule has 0 radical (unpaired) electrons. The molecule has 0 spiro atoms. The van der Waals surface area contributed by atoms with Crippen LogP contribution in [0.1, 0.15) is 24.0 Å². The van der Waals surface area contributed by atoms with Gasteiger partial charge in [-0.3, -0.25) is 0 Å². The number of rotatable bonds is 5. The number of fused-ring (bicyclic) bond motifs is 1. The molecule has 0 saturated carbocycles. The van der Waals surface area contributed by atoms with Crippen molar-refractivity contribution in [3.05, 3.63) is 64.7 Å². The number of aromatic nitrogens is 1. The minimum Gasteiger partial charge on any atom is -0.334 e. The number of nitrogens with one attached hydrogen (secondary N) is 1. The molecule has 5 nitrogen and oxygen atoms in total. The van der Waals surface area contributed by atoms with E-state index >= 15 is 0 Å². The molecule has 0 atom stereocenters. The van der Waals surface area contributed by atoms with Crippen LogP contribution < -0.4 is 5.32 Å². The second-order valence-corrected chi connectivity index (χ2v) is 8.60. The van der Waals surface area contributed by atoms with Crippen LogP contribution in [0.2, 0.25) is 0 Å². The number of nitrogens with zero attached hydrogens (tertiary/aromatic N) is 3. The van der Waals surface area contributed by atoms with Crippen LogP contribution in [0.3, 0.4) is 0 Å². The SMILES string of the molecule is CN1CCC(N(Cc2ccc(F)cc2F)C(=O)NCc2ccc3ncsc3c2)CC1. The Morgan fingerprint density at radius 2 is 2.03 bits per heavy atom. The molecule has 1 aliphatic rings. The highest BCUT2D eigenvalue weighted by Gasteiger charge is 2.27. The lowest BCUT2D eigenvalue weighted by atomic mass is 10.0. The summed E-state index contributed by atoms with van der Waals surface area (Å²) >= 11 is 1.56. The molecular weight excluding hydrogens is 406 g/mol. The average Bonchev–Trinajstić information content (AvgIpc) is 3.20. The Kier molecular flexibility index (Phi) is 6.24. The van der Waals surface area contributed by atoms with Gasteiger partial charge < -0.3 is 15.1 Å². The first-order valence-corrected chi connectivity index (χ1v) is 10.9. The molecule has 0 aliphatic carbocycles. The van der Waals surface area contributed by atoms with Crippen molar-refractivity contribution in [3.63, 3.8) is 0 Å². The van der Waals surface area contributed by atoms with Gasteiger partial charge in [0, 0.05) is 24.2 Å². The summed E-state index contributed by atoms with van der Waals surface area (Å²) < 4.78 is 28.6. The fraction of sp³-hybridized carbons (Fsp3) is 0.364. The summed E-state index contributed by atoms with van der Waals surface area (Å²) in [5, 5.41) is 2.98. The van der Waals surface area contributed by atoms with Gasteiger partial charge in [0.2, 0.25) is 0 Å². The van der Waals surface area contributed by atoms with Crippen LogP contribution in [0, 0.1) is 11.6 Å². The largest absolute Gasteiger partial charge is 0.334 e. The van der Waals surface area contributed by atoms with Crippen molar-refractivity contribution < 1.29 is 13.6 Å². The Bertz CT molecular complexity index is 1030. The molecule has 4 rings (SSSR count). The van der Waals surface area contributed by atoms with Gasteiger partial charge >= 0.3 is 6.03 Å². The molecule has 1 N–H and O–H groups in total. The second kappa shape index (κ2) is 9.06. The Morgan fingerprint density at radius 1 is 1.23 bits per heavy atom. The van der Waals surface area contributed by atoms with Gasteiger partial charge in [-0.25, -0.2) is 18.6 Å². The molecular formula is C22H24F2N4OS. The van der Waals surface area contributed by atoms with Crippen LogP contribution >= 0.6 is 11.3 Å². The van der Waals surface area contributed by atoms with Gasteiger partial charge in [-0.2, -0.15) is 0 Å².